The van der Waals surface area contributed by atoms with E-state index in [0.29, 0.717) is 31.4 Å². The van der Waals surface area contributed by atoms with Gasteiger partial charge in [0.15, 0.2) is 12.6 Å². The number of unbranched alkanes of at least 4 members (excludes halogenated alkanes) is 2. The molecule has 3 fully saturated rings. The first kappa shape index (κ1) is 42.2. The largest absolute Gasteiger partial charge is 0.394 e. The lowest BCUT2D eigenvalue weighted by molar-refractivity contribution is -0.361. The van der Waals surface area contributed by atoms with E-state index in [4.69, 9.17) is 23.7 Å². The molecule has 0 aliphatic carbocycles. The van der Waals surface area contributed by atoms with Gasteiger partial charge in [-0.1, -0.05) is 27.2 Å². The van der Waals surface area contributed by atoms with Crippen LogP contribution in [-0.4, -0.2) is 153 Å². The van der Waals surface area contributed by atoms with Crippen LogP contribution in [0.15, 0.2) is 24.3 Å². The zero-order valence-electron chi connectivity index (χ0n) is 29.2. The molecular formula is C34H53IN2O14. The van der Waals surface area contributed by atoms with Crippen molar-refractivity contribution in [3.8, 4) is 0 Å². The Hall–Kier alpha value is -1.59. The number of aliphatic hydroxyl groups is 7. The van der Waals surface area contributed by atoms with Crippen molar-refractivity contribution in [3.63, 3.8) is 0 Å². The van der Waals surface area contributed by atoms with Gasteiger partial charge in [-0.2, -0.15) is 0 Å². The molecule has 4 rings (SSSR count). The Labute approximate surface area is 310 Å². The topological polar surface area (TPSA) is 246 Å². The molecule has 0 radical (unpaired) electrons. The maximum Gasteiger partial charge on any atom is 0.251 e. The monoisotopic (exact) mass is 840 g/mol. The van der Waals surface area contributed by atoms with E-state index in [0.717, 1.165) is 3.57 Å². The minimum Gasteiger partial charge on any atom is -0.394 e. The van der Waals surface area contributed by atoms with E-state index < -0.39 is 97.8 Å². The minimum absolute atomic E-state index is 0.117. The molecular weight excluding hydrogens is 787 g/mol. The number of halogens is 1. The number of amides is 2. The van der Waals surface area contributed by atoms with Gasteiger partial charge in [0.2, 0.25) is 5.91 Å². The molecule has 2 amide bonds. The number of benzene rings is 1. The van der Waals surface area contributed by atoms with Crippen LogP contribution in [0, 0.1) is 8.99 Å². The molecule has 17 heteroatoms. The molecule has 9 N–H and O–H groups in total. The van der Waals surface area contributed by atoms with Gasteiger partial charge in [-0.05, 0) is 72.0 Å². The molecule has 3 heterocycles. The van der Waals surface area contributed by atoms with Crippen molar-refractivity contribution < 1.29 is 69.0 Å². The van der Waals surface area contributed by atoms with Crippen LogP contribution in [0.1, 0.15) is 63.7 Å². The van der Waals surface area contributed by atoms with Gasteiger partial charge < -0.3 is 70.1 Å². The molecule has 290 valence electrons. The summed E-state index contributed by atoms with van der Waals surface area (Å²) < 4.78 is 30.2. The molecule has 51 heavy (non-hydrogen) atoms. The highest BCUT2D eigenvalue weighted by atomic mass is 127. The molecule has 1 aromatic carbocycles. The van der Waals surface area contributed by atoms with Crippen molar-refractivity contribution >= 4 is 34.4 Å². The normalized spacial score (nSPS) is 37.5. The van der Waals surface area contributed by atoms with Crippen LogP contribution in [0.25, 0.3) is 0 Å². The number of carbonyl (C=O) groups excluding carboxylic acids is 2. The summed E-state index contributed by atoms with van der Waals surface area (Å²) in [6, 6.07) is 6.13. The fourth-order valence-corrected chi connectivity index (χ4v) is 6.76. The zero-order valence-corrected chi connectivity index (χ0v) is 31.4. The van der Waals surface area contributed by atoms with Gasteiger partial charge in [0, 0.05) is 22.1 Å². The summed E-state index contributed by atoms with van der Waals surface area (Å²) in [4.78, 5) is 25.3. The van der Waals surface area contributed by atoms with Gasteiger partial charge >= 0.3 is 0 Å². The van der Waals surface area contributed by atoms with Crippen LogP contribution in [0.3, 0.4) is 0 Å². The molecule has 16 nitrogen and oxygen atoms in total. The number of hydrogen-bond acceptors (Lipinski definition) is 14. The van der Waals surface area contributed by atoms with E-state index in [9.17, 15) is 45.3 Å². The first-order chi connectivity index (χ1) is 24.0. The Kier molecular flexibility index (Phi) is 15.4. The third kappa shape index (κ3) is 10.8. The lowest BCUT2D eigenvalue weighted by atomic mass is 9.79. The third-order valence-electron chi connectivity index (χ3n) is 9.37. The summed E-state index contributed by atoms with van der Waals surface area (Å²) in [6.07, 6.45) is -15.6. The van der Waals surface area contributed by atoms with Gasteiger partial charge in [0.1, 0.15) is 54.9 Å². The van der Waals surface area contributed by atoms with Crippen molar-refractivity contribution in [1.29, 1.82) is 0 Å². The second kappa shape index (κ2) is 18.6. The van der Waals surface area contributed by atoms with Crippen molar-refractivity contribution in [2.24, 2.45) is 5.41 Å². The molecule has 1 aromatic rings. The van der Waals surface area contributed by atoms with Crippen LogP contribution >= 0.6 is 22.6 Å². The van der Waals surface area contributed by atoms with E-state index in [1.54, 1.807) is 12.1 Å². The fraction of sp³-hybridized carbons (Fsp3) is 0.765. The smallest absolute Gasteiger partial charge is 0.251 e. The first-order valence-corrected chi connectivity index (χ1v) is 18.4. The number of aliphatic hydroxyl groups excluding tert-OH is 7. The van der Waals surface area contributed by atoms with Gasteiger partial charge in [0.05, 0.1) is 31.5 Å². The number of nitrogens with one attached hydrogen (secondary N) is 2. The molecule has 0 spiro atoms. The van der Waals surface area contributed by atoms with Gasteiger partial charge in [-0.15, -0.1) is 0 Å². The summed E-state index contributed by atoms with van der Waals surface area (Å²) in [5, 5.41) is 79.5. The Morgan fingerprint density at radius 1 is 0.863 bits per heavy atom. The van der Waals surface area contributed by atoms with Crippen molar-refractivity contribution in [2.45, 2.75) is 139 Å². The Balaban J connectivity index is 1.33. The third-order valence-corrected chi connectivity index (χ3v) is 10.1. The summed E-state index contributed by atoms with van der Waals surface area (Å²) in [5.74, 6) is -0.560. The molecule has 0 saturated carbocycles. The van der Waals surface area contributed by atoms with E-state index in [1.807, 2.05) is 32.9 Å². The van der Waals surface area contributed by atoms with Crippen LogP contribution in [-0.2, 0) is 28.5 Å². The van der Waals surface area contributed by atoms with Crippen LogP contribution in [0.5, 0.6) is 0 Å². The summed E-state index contributed by atoms with van der Waals surface area (Å²) >= 11 is 2.17. The highest BCUT2D eigenvalue weighted by Crippen LogP contribution is 2.37. The summed E-state index contributed by atoms with van der Waals surface area (Å²) in [6.45, 7) is 6.62. The van der Waals surface area contributed by atoms with Crippen molar-refractivity contribution in [1.82, 2.24) is 10.6 Å². The lowest BCUT2D eigenvalue weighted by Gasteiger charge is -2.51. The van der Waals surface area contributed by atoms with Crippen LogP contribution in [0.4, 0.5) is 0 Å². The number of carbonyl (C=O) groups is 2. The molecule has 0 aromatic heterocycles. The molecule has 3 aliphatic heterocycles. The number of rotatable bonds is 13. The molecule has 3 saturated heterocycles. The number of hydrogen-bond donors (Lipinski definition) is 9. The molecule has 3 aliphatic rings. The maximum absolute atomic E-state index is 13.0. The van der Waals surface area contributed by atoms with E-state index >= 15 is 0 Å². The van der Waals surface area contributed by atoms with Crippen LogP contribution < -0.4 is 10.6 Å². The van der Waals surface area contributed by atoms with Crippen molar-refractivity contribution in [2.75, 3.05) is 19.8 Å². The molecule has 14 atom stereocenters. The second-order valence-electron chi connectivity index (χ2n) is 14.4. The standard InChI is InChI=1S/C34H53IN2O14/c1-16-28(50-32-26(44)23(41)19(39)15-47-32)25(43)27(45)33(48-16)51-29-24(42)22(20(14-38)49-30(29)34(2,3)4)37-21(40)8-6-5-7-13-36-31(46)17-9-11-18(35)12-10-17/h9-12,16,19-20,22-30,32-33,38-39,41-45H,5-8,13-15H2,1-4H3,(H,36,46)(H,37,40)/t16?,19-,20?,22+,23?,24?,25?,26?,27?,28+,29?,30-,32+,33+/m1/s1. The fourth-order valence-electron chi connectivity index (χ4n) is 6.40. The van der Waals surface area contributed by atoms with Gasteiger partial charge in [0.25, 0.3) is 5.91 Å². The van der Waals surface area contributed by atoms with E-state index in [1.165, 1.54) is 6.92 Å². The van der Waals surface area contributed by atoms with Crippen LogP contribution in [0.2, 0.25) is 0 Å². The van der Waals surface area contributed by atoms with E-state index in [2.05, 4.69) is 33.2 Å². The maximum atomic E-state index is 13.0. The molecule has 0 bridgehead atoms. The van der Waals surface area contributed by atoms with Gasteiger partial charge in [-0.25, -0.2) is 0 Å². The Morgan fingerprint density at radius 2 is 1.51 bits per heavy atom. The quantitative estimate of drug-likeness (QED) is 0.0847. The Bertz CT molecular complexity index is 1270. The minimum atomic E-state index is -1.72. The SMILES string of the molecule is CC1O[C@@H](OC2C(O)[C@@H](NC(=O)CCCCCNC(=O)c3ccc(I)cc3)C(CO)O[C@H]2C(C)(C)C)C(O)C(O)[C@H]1O[C@@H]1OC[C@@H](O)C(O)C1O. The van der Waals surface area contributed by atoms with Crippen molar-refractivity contribution in [3.05, 3.63) is 33.4 Å². The lowest BCUT2D eigenvalue weighted by Crippen LogP contribution is -2.69. The average molecular weight is 841 g/mol. The highest BCUT2D eigenvalue weighted by molar-refractivity contribution is 14.1. The Morgan fingerprint density at radius 3 is 2.16 bits per heavy atom. The first-order valence-electron chi connectivity index (χ1n) is 17.3. The summed E-state index contributed by atoms with van der Waals surface area (Å²) in [7, 11) is 0. The second-order valence-corrected chi connectivity index (χ2v) is 15.7. The summed E-state index contributed by atoms with van der Waals surface area (Å²) in [5.41, 5.74) is -0.0991. The number of ether oxygens (including phenoxy) is 5. The van der Waals surface area contributed by atoms with Gasteiger partial charge in [-0.3, -0.25) is 9.59 Å². The zero-order chi connectivity index (χ0) is 37.6. The predicted molar refractivity (Wildman–Crippen MR) is 187 cm³/mol. The van der Waals surface area contributed by atoms with E-state index in [-0.39, 0.29) is 24.8 Å². The highest BCUT2D eigenvalue weighted by Gasteiger charge is 2.54. The predicted octanol–water partition coefficient (Wildman–Crippen LogP) is -1.09. The average Bonchev–Trinajstić information content (AvgIpc) is 3.08. The molecule has 8 unspecified atom stereocenters.